The van der Waals surface area contributed by atoms with Crippen molar-refractivity contribution < 1.29 is 19.0 Å². The molecule has 0 saturated carbocycles. The summed E-state index contributed by atoms with van der Waals surface area (Å²) in [6.07, 6.45) is 1.34. The van der Waals surface area contributed by atoms with Gasteiger partial charge >= 0.3 is 11.7 Å². The largest absolute Gasteiger partial charge is 0.493 e. The van der Waals surface area contributed by atoms with Crippen LogP contribution in [0.2, 0.25) is 0 Å². The van der Waals surface area contributed by atoms with E-state index in [1.165, 1.54) is 32.2 Å². The van der Waals surface area contributed by atoms with Gasteiger partial charge in [0.15, 0.2) is 17.5 Å². The highest BCUT2D eigenvalue weighted by Crippen LogP contribution is 2.28. The standard InChI is InChI=1S/C14H17N3O5/c1-9(13(18)22-4)17-14(19)16(8-15-17)10-5-6-11(20-2)12(7-10)21-3/h5-9H,1-4H3/t9-/m1/s1. The summed E-state index contributed by atoms with van der Waals surface area (Å²) >= 11 is 0. The van der Waals surface area contributed by atoms with Crippen LogP contribution in [-0.2, 0) is 9.53 Å². The molecule has 118 valence electrons. The summed E-state index contributed by atoms with van der Waals surface area (Å²) in [6, 6.07) is 4.22. The lowest BCUT2D eigenvalue weighted by Gasteiger charge is -2.10. The monoisotopic (exact) mass is 307 g/mol. The molecule has 2 aromatic rings. The lowest BCUT2D eigenvalue weighted by molar-refractivity contribution is -0.144. The molecule has 0 aliphatic heterocycles. The molecular formula is C14H17N3O5. The van der Waals surface area contributed by atoms with Crippen LogP contribution in [0, 0.1) is 0 Å². The topological polar surface area (TPSA) is 84.6 Å². The van der Waals surface area contributed by atoms with Gasteiger partial charge in [0.05, 0.1) is 27.0 Å². The molecule has 8 nitrogen and oxygen atoms in total. The first kappa shape index (κ1) is 15.6. The summed E-state index contributed by atoms with van der Waals surface area (Å²) in [6.45, 7) is 1.54. The van der Waals surface area contributed by atoms with Crippen LogP contribution in [-0.4, -0.2) is 41.6 Å². The Bertz CT molecular complexity index is 734. The molecule has 0 saturated heterocycles. The number of aromatic nitrogens is 3. The number of carbonyl (C=O) groups excluding carboxylic acids is 1. The van der Waals surface area contributed by atoms with Crippen molar-refractivity contribution in [3.63, 3.8) is 0 Å². The number of hydrogen-bond donors (Lipinski definition) is 0. The van der Waals surface area contributed by atoms with E-state index >= 15 is 0 Å². The summed E-state index contributed by atoms with van der Waals surface area (Å²) in [7, 11) is 4.29. The number of benzene rings is 1. The van der Waals surface area contributed by atoms with Gasteiger partial charge in [-0.3, -0.25) is 0 Å². The van der Waals surface area contributed by atoms with Crippen LogP contribution in [0.25, 0.3) is 5.69 Å². The van der Waals surface area contributed by atoms with Crippen molar-refractivity contribution in [2.45, 2.75) is 13.0 Å². The van der Waals surface area contributed by atoms with Crippen molar-refractivity contribution >= 4 is 5.97 Å². The van der Waals surface area contributed by atoms with Crippen molar-refractivity contribution in [1.29, 1.82) is 0 Å². The molecule has 2 rings (SSSR count). The molecule has 1 atom stereocenters. The summed E-state index contributed by atoms with van der Waals surface area (Å²) in [5, 5.41) is 3.95. The molecule has 0 spiro atoms. The summed E-state index contributed by atoms with van der Waals surface area (Å²) < 4.78 is 17.3. The van der Waals surface area contributed by atoms with E-state index in [1.807, 2.05) is 0 Å². The first-order chi connectivity index (χ1) is 10.5. The number of esters is 1. The van der Waals surface area contributed by atoms with E-state index in [1.54, 1.807) is 25.1 Å². The van der Waals surface area contributed by atoms with Crippen LogP contribution < -0.4 is 15.2 Å². The SMILES string of the molecule is COC(=O)[C@@H](C)n1ncn(-c2ccc(OC)c(OC)c2)c1=O. The minimum atomic E-state index is -0.807. The summed E-state index contributed by atoms with van der Waals surface area (Å²) in [4.78, 5) is 23.9. The number of hydrogen-bond acceptors (Lipinski definition) is 6. The van der Waals surface area contributed by atoms with E-state index in [4.69, 9.17) is 9.47 Å². The van der Waals surface area contributed by atoms with Gasteiger partial charge in [0.2, 0.25) is 0 Å². The Morgan fingerprint density at radius 2 is 1.86 bits per heavy atom. The Morgan fingerprint density at radius 1 is 1.18 bits per heavy atom. The number of rotatable bonds is 5. The minimum absolute atomic E-state index is 0.454. The van der Waals surface area contributed by atoms with E-state index in [-0.39, 0.29) is 0 Å². The van der Waals surface area contributed by atoms with Gasteiger partial charge in [0.1, 0.15) is 6.33 Å². The van der Waals surface area contributed by atoms with Crippen molar-refractivity contribution in [1.82, 2.24) is 14.3 Å². The molecule has 0 bridgehead atoms. The molecule has 22 heavy (non-hydrogen) atoms. The van der Waals surface area contributed by atoms with Gasteiger partial charge in [-0.2, -0.15) is 9.78 Å². The lowest BCUT2D eigenvalue weighted by atomic mass is 10.2. The zero-order valence-corrected chi connectivity index (χ0v) is 12.8. The summed E-state index contributed by atoms with van der Waals surface area (Å²) in [5.41, 5.74) is 0.0936. The number of methoxy groups -OCH3 is 3. The Labute approximate surface area is 126 Å². The average Bonchev–Trinajstić information content (AvgIpc) is 2.94. The number of carbonyl (C=O) groups is 1. The third-order valence-corrected chi connectivity index (χ3v) is 3.25. The highest BCUT2D eigenvalue weighted by Gasteiger charge is 2.20. The van der Waals surface area contributed by atoms with Crippen molar-refractivity contribution in [2.75, 3.05) is 21.3 Å². The predicted molar refractivity (Wildman–Crippen MR) is 77.7 cm³/mol. The molecule has 0 radical (unpaired) electrons. The second-order valence-electron chi connectivity index (χ2n) is 4.47. The van der Waals surface area contributed by atoms with Gasteiger partial charge in [-0.25, -0.2) is 14.2 Å². The maximum Gasteiger partial charge on any atom is 0.351 e. The fourth-order valence-corrected chi connectivity index (χ4v) is 2.00. The fourth-order valence-electron chi connectivity index (χ4n) is 2.00. The fraction of sp³-hybridized carbons (Fsp3) is 0.357. The Morgan fingerprint density at radius 3 is 2.45 bits per heavy atom. The molecule has 1 heterocycles. The molecule has 8 heteroatoms. The highest BCUT2D eigenvalue weighted by molar-refractivity contribution is 5.73. The highest BCUT2D eigenvalue weighted by atomic mass is 16.5. The molecular weight excluding hydrogens is 290 g/mol. The molecule has 0 fully saturated rings. The van der Waals surface area contributed by atoms with Gasteiger partial charge < -0.3 is 14.2 Å². The smallest absolute Gasteiger partial charge is 0.351 e. The maximum absolute atomic E-state index is 12.4. The maximum atomic E-state index is 12.4. The first-order valence-electron chi connectivity index (χ1n) is 6.49. The third-order valence-electron chi connectivity index (χ3n) is 3.25. The molecule has 0 aliphatic rings. The van der Waals surface area contributed by atoms with E-state index < -0.39 is 17.7 Å². The van der Waals surface area contributed by atoms with E-state index in [9.17, 15) is 9.59 Å². The van der Waals surface area contributed by atoms with Gasteiger partial charge in [-0.15, -0.1) is 0 Å². The van der Waals surface area contributed by atoms with Gasteiger partial charge in [-0.05, 0) is 19.1 Å². The number of nitrogens with zero attached hydrogens (tertiary/aromatic N) is 3. The van der Waals surface area contributed by atoms with Gasteiger partial charge in [0.25, 0.3) is 0 Å². The third kappa shape index (κ3) is 2.67. The Balaban J connectivity index is 2.45. The first-order valence-corrected chi connectivity index (χ1v) is 6.49. The second kappa shape index (κ2) is 6.33. The van der Waals surface area contributed by atoms with E-state index in [0.29, 0.717) is 17.2 Å². The zero-order valence-electron chi connectivity index (χ0n) is 12.8. The molecule has 0 unspecified atom stereocenters. The number of ether oxygens (including phenoxy) is 3. The van der Waals surface area contributed by atoms with Crippen LogP contribution in [0.5, 0.6) is 11.5 Å². The van der Waals surface area contributed by atoms with Crippen molar-refractivity contribution in [2.24, 2.45) is 0 Å². The van der Waals surface area contributed by atoms with E-state index in [0.717, 1.165) is 4.68 Å². The van der Waals surface area contributed by atoms with Crippen LogP contribution in [0.3, 0.4) is 0 Å². The normalized spacial score (nSPS) is 11.8. The predicted octanol–water partition coefficient (Wildman–Crippen LogP) is 0.785. The van der Waals surface area contributed by atoms with Crippen LogP contribution in [0.15, 0.2) is 29.3 Å². The van der Waals surface area contributed by atoms with Gasteiger partial charge in [-0.1, -0.05) is 0 Å². The van der Waals surface area contributed by atoms with Crippen molar-refractivity contribution in [3.05, 3.63) is 35.0 Å². The second-order valence-corrected chi connectivity index (χ2v) is 4.47. The Kier molecular flexibility index (Phi) is 4.50. The lowest BCUT2D eigenvalue weighted by Crippen LogP contribution is -2.30. The average molecular weight is 307 g/mol. The minimum Gasteiger partial charge on any atom is -0.493 e. The Hall–Kier alpha value is -2.77. The van der Waals surface area contributed by atoms with Crippen LogP contribution in [0.1, 0.15) is 13.0 Å². The quantitative estimate of drug-likeness (QED) is 0.759. The van der Waals surface area contributed by atoms with Gasteiger partial charge in [0, 0.05) is 6.07 Å². The molecule has 1 aromatic heterocycles. The van der Waals surface area contributed by atoms with Crippen LogP contribution in [0.4, 0.5) is 0 Å². The summed E-state index contributed by atoms with van der Waals surface area (Å²) in [5.74, 6) is 0.495. The van der Waals surface area contributed by atoms with Crippen molar-refractivity contribution in [3.8, 4) is 17.2 Å². The van der Waals surface area contributed by atoms with Crippen LogP contribution >= 0.6 is 0 Å². The molecule has 0 N–H and O–H groups in total. The zero-order chi connectivity index (χ0) is 16.3. The molecule has 0 amide bonds. The molecule has 1 aromatic carbocycles. The van der Waals surface area contributed by atoms with E-state index in [2.05, 4.69) is 9.84 Å². The molecule has 0 aliphatic carbocycles.